The quantitative estimate of drug-likeness (QED) is 0.902. The third-order valence-electron chi connectivity index (χ3n) is 2.96. The van der Waals surface area contributed by atoms with Crippen molar-refractivity contribution in [2.45, 2.75) is 38.8 Å². The average molecular weight is 305 g/mol. The van der Waals surface area contributed by atoms with Crippen LogP contribution in [0.1, 0.15) is 38.8 Å². The summed E-state index contributed by atoms with van der Waals surface area (Å²) in [5, 5.41) is 12.4. The third kappa shape index (κ3) is 4.00. The zero-order valence-electron chi connectivity index (χ0n) is 12.8. The van der Waals surface area contributed by atoms with Gasteiger partial charge in [0, 0.05) is 10.9 Å². The van der Waals surface area contributed by atoms with Gasteiger partial charge in [-0.2, -0.15) is 0 Å². The SMILES string of the molecule is CC(C)(C)OC(=O)NC(CC(=O)O)c1coc2ccccc12. The maximum Gasteiger partial charge on any atom is 0.408 e. The number of rotatable bonds is 4. The van der Waals surface area contributed by atoms with E-state index in [-0.39, 0.29) is 6.42 Å². The summed E-state index contributed by atoms with van der Waals surface area (Å²) >= 11 is 0. The first kappa shape index (κ1) is 15.9. The lowest BCUT2D eigenvalue weighted by atomic mass is 10.0. The van der Waals surface area contributed by atoms with Crippen molar-refractivity contribution in [1.29, 1.82) is 0 Å². The summed E-state index contributed by atoms with van der Waals surface area (Å²) in [7, 11) is 0. The molecule has 1 heterocycles. The number of furan rings is 1. The van der Waals surface area contributed by atoms with Gasteiger partial charge in [-0.05, 0) is 26.8 Å². The Bertz CT molecular complexity index is 683. The molecule has 2 rings (SSSR count). The number of amides is 1. The second-order valence-electron chi connectivity index (χ2n) is 5.98. The van der Waals surface area contributed by atoms with Crippen LogP contribution in [0.5, 0.6) is 0 Å². The number of carboxylic acid groups (broad SMARTS) is 1. The molecule has 0 spiro atoms. The van der Waals surface area contributed by atoms with E-state index in [1.165, 1.54) is 6.26 Å². The number of carboxylic acids is 1. The summed E-state index contributed by atoms with van der Waals surface area (Å²) in [4.78, 5) is 23.0. The number of carbonyl (C=O) groups is 2. The number of fused-ring (bicyclic) bond motifs is 1. The van der Waals surface area contributed by atoms with Gasteiger partial charge in [-0.1, -0.05) is 18.2 Å². The molecular weight excluding hydrogens is 286 g/mol. The first-order valence-electron chi connectivity index (χ1n) is 6.94. The second kappa shape index (κ2) is 6.09. The molecular formula is C16H19NO5. The zero-order valence-corrected chi connectivity index (χ0v) is 12.8. The topological polar surface area (TPSA) is 88.8 Å². The van der Waals surface area contributed by atoms with Gasteiger partial charge in [0.2, 0.25) is 0 Å². The average Bonchev–Trinajstić information content (AvgIpc) is 2.78. The molecule has 2 aromatic rings. The van der Waals surface area contributed by atoms with E-state index in [4.69, 9.17) is 14.3 Å². The Morgan fingerprint density at radius 2 is 2.00 bits per heavy atom. The van der Waals surface area contributed by atoms with Crippen LogP contribution < -0.4 is 5.32 Å². The largest absolute Gasteiger partial charge is 0.481 e. The van der Waals surface area contributed by atoms with Crippen LogP contribution in [-0.4, -0.2) is 22.8 Å². The molecule has 0 aliphatic heterocycles. The van der Waals surface area contributed by atoms with Crippen molar-refractivity contribution in [3.8, 4) is 0 Å². The summed E-state index contributed by atoms with van der Waals surface area (Å²) in [5.41, 5.74) is 0.596. The minimum atomic E-state index is -1.02. The highest BCUT2D eigenvalue weighted by atomic mass is 16.6. The molecule has 6 heteroatoms. The van der Waals surface area contributed by atoms with Gasteiger partial charge < -0.3 is 19.6 Å². The molecule has 2 N–H and O–H groups in total. The van der Waals surface area contributed by atoms with Crippen molar-refractivity contribution in [3.05, 3.63) is 36.1 Å². The summed E-state index contributed by atoms with van der Waals surface area (Å²) in [6, 6.07) is 6.52. The van der Waals surface area contributed by atoms with Gasteiger partial charge in [0.1, 0.15) is 11.2 Å². The second-order valence-corrected chi connectivity index (χ2v) is 5.98. The number of hydrogen-bond donors (Lipinski definition) is 2. The van der Waals surface area contributed by atoms with Gasteiger partial charge >= 0.3 is 12.1 Å². The molecule has 0 saturated heterocycles. The van der Waals surface area contributed by atoms with Gasteiger partial charge in [0.05, 0.1) is 18.7 Å². The van der Waals surface area contributed by atoms with Crippen molar-refractivity contribution < 1.29 is 23.8 Å². The molecule has 0 fully saturated rings. The van der Waals surface area contributed by atoms with E-state index in [9.17, 15) is 9.59 Å². The van der Waals surface area contributed by atoms with Crippen LogP contribution in [0.25, 0.3) is 11.0 Å². The normalized spacial score (nSPS) is 12.9. The van der Waals surface area contributed by atoms with E-state index in [2.05, 4.69) is 5.32 Å². The van der Waals surface area contributed by atoms with Crippen LogP contribution in [-0.2, 0) is 9.53 Å². The van der Waals surface area contributed by atoms with Crippen LogP contribution in [0.4, 0.5) is 4.79 Å². The molecule has 0 bridgehead atoms. The molecule has 0 aliphatic rings. The number of carbonyl (C=O) groups excluding carboxylic acids is 1. The minimum Gasteiger partial charge on any atom is -0.481 e. The van der Waals surface area contributed by atoms with Crippen LogP contribution in [0.15, 0.2) is 34.9 Å². The molecule has 118 valence electrons. The van der Waals surface area contributed by atoms with Crippen LogP contribution >= 0.6 is 0 Å². The van der Waals surface area contributed by atoms with E-state index in [1.54, 1.807) is 26.8 Å². The molecule has 1 atom stereocenters. The summed E-state index contributed by atoms with van der Waals surface area (Å²) in [6.07, 6.45) is 0.544. The molecule has 22 heavy (non-hydrogen) atoms. The lowest BCUT2D eigenvalue weighted by molar-refractivity contribution is -0.137. The molecule has 1 amide bonds. The summed E-state index contributed by atoms with van der Waals surface area (Å²) < 4.78 is 10.6. The van der Waals surface area contributed by atoms with E-state index in [0.717, 1.165) is 5.39 Å². The van der Waals surface area contributed by atoms with Crippen molar-refractivity contribution in [2.75, 3.05) is 0 Å². The Hall–Kier alpha value is -2.50. The Labute approximate surface area is 128 Å². The Morgan fingerprint density at radius 3 is 2.64 bits per heavy atom. The highest BCUT2D eigenvalue weighted by molar-refractivity contribution is 5.83. The Morgan fingerprint density at radius 1 is 1.32 bits per heavy atom. The van der Waals surface area contributed by atoms with E-state index < -0.39 is 23.7 Å². The highest BCUT2D eigenvalue weighted by Crippen LogP contribution is 2.28. The molecule has 0 radical (unpaired) electrons. The van der Waals surface area contributed by atoms with Gasteiger partial charge in [-0.3, -0.25) is 4.79 Å². The van der Waals surface area contributed by atoms with Crippen LogP contribution in [0.3, 0.4) is 0 Å². The number of para-hydroxylation sites is 1. The Kier molecular flexibility index (Phi) is 4.40. The lowest BCUT2D eigenvalue weighted by Gasteiger charge is -2.22. The number of aliphatic carboxylic acids is 1. The van der Waals surface area contributed by atoms with Gasteiger partial charge in [-0.25, -0.2) is 4.79 Å². The first-order chi connectivity index (χ1) is 10.3. The predicted octanol–water partition coefficient (Wildman–Crippen LogP) is 3.47. The van der Waals surface area contributed by atoms with Crippen LogP contribution in [0.2, 0.25) is 0 Å². The maximum absolute atomic E-state index is 11.9. The van der Waals surface area contributed by atoms with Crippen molar-refractivity contribution >= 4 is 23.0 Å². The number of nitrogens with one attached hydrogen (secondary N) is 1. The van der Waals surface area contributed by atoms with E-state index >= 15 is 0 Å². The summed E-state index contributed by atoms with van der Waals surface area (Å²) in [6.45, 7) is 5.23. The smallest absolute Gasteiger partial charge is 0.408 e. The number of benzene rings is 1. The van der Waals surface area contributed by atoms with Gasteiger partial charge in [0.25, 0.3) is 0 Å². The fourth-order valence-corrected chi connectivity index (χ4v) is 2.13. The predicted molar refractivity (Wildman–Crippen MR) is 80.6 cm³/mol. The fourth-order valence-electron chi connectivity index (χ4n) is 2.13. The zero-order chi connectivity index (χ0) is 16.3. The van der Waals surface area contributed by atoms with Crippen LogP contribution in [0, 0.1) is 0 Å². The molecule has 6 nitrogen and oxygen atoms in total. The minimum absolute atomic E-state index is 0.261. The Balaban J connectivity index is 2.26. The number of ether oxygens (including phenoxy) is 1. The maximum atomic E-state index is 11.9. The summed E-state index contributed by atoms with van der Waals surface area (Å²) in [5.74, 6) is -1.02. The highest BCUT2D eigenvalue weighted by Gasteiger charge is 2.25. The van der Waals surface area contributed by atoms with Crippen molar-refractivity contribution in [3.63, 3.8) is 0 Å². The standard InChI is InChI=1S/C16H19NO5/c1-16(2,3)22-15(20)17-12(8-14(18)19)11-9-21-13-7-5-4-6-10(11)13/h4-7,9,12H,8H2,1-3H3,(H,17,20)(H,18,19). The van der Waals surface area contributed by atoms with E-state index in [0.29, 0.717) is 11.1 Å². The molecule has 1 aromatic heterocycles. The molecule has 0 aliphatic carbocycles. The number of alkyl carbamates (subject to hydrolysis) is 1. The number of hydrogen-bond acceptors (Lipinski definition) is 4. The first-order valence-corrected chi connectivity index (χ1v) is 6.94. The van der Waals surface area contributed by atoms with Gasteiger partial charge in [-0.15, -0.1) is 0 Å². The van der Waals surface area contributed by atoms with Crippen molar-refractivity contribution in [2.24, 2.45) is 0 Å². The lowest BCUT2D eigenvalue weighted by Crippen LogP contribution is -2.35. The third-order valence-corrected chi connectivity index (χ3v) is 2.96. The fraction of sp³-hybridized carbons (Fsp3) is 0.375. The molecule has 1 aromatic carbocycles. The van der Waals surface area contributed by atoms with E-state index in [1.807, 2.05) is 18.2 Å². The monoisotopic (exact) mass is 305 g/mol. The van der Waals surface area contributed by atoms with Crippen molar-refractivity contribution in [1.82, 2.24) is 5.32 Å². The molecule has 0 saturated carbocycles. The van der Waals surface area contributed by atoms with Gasteiger partial charge in [0.15, 0.2) is 0 Å². The molecule has 1 unspecified atom stereocenters.